The third kappa shape index (κ3) is 1.99. The Morgan fingerprint density at radius 3 is 2.92 bits per heavy atom. The van der Waals surface area contributed by atoms with Crippen LogP contribution in [0.25, 0.3) is 0 Å². The molecule has 0 aromatic rings. The van der Waals surface area contributed by atoms with Crippen LogP contribution >= 0.6 is 0 Å². The maximum absolute atomic E-state index is 12.7. The Balaban J connectivity index is 2.65. The molecule has 1 rings (SSSR count). The van der Waals surface area contributed by atoms with Gasteiger partial charge in [0, 0.05) is 19.3 Å². The average Bonchev–Trinajstić information content (AvgIpc) is 1.97. The molecular weight excluding hydrogens is 168 g/mol. The number of oxime groups is 1. The number of Topliss-reactive ketones (excluding diaryl/α,β-unsaturated/α-hetero) is 1. The minimum atomic E-state index is -2.79. The van der Waals surface area contributed by atoms with Crippen molar-refractivity contribution >= 4 is 12.0 Å². The van der Waals surface area contributed by atoms with Crippen molar-refractivity contribution in [1.29, 1.82) is 0 Å². The molecular formula is C7H9F2NO2. The number of halogens is 2. The minimum Gasteiger partial charge on any atom is -0.411 e. The minimum absolute atomic E-state index is 0.135. The van der Waals surface area contributed by atoms with Gasteiger partial charge in [-0.2, -0.15) is 0 Å². The van der Waals surface area contributed by atoms with E-state index < -0.39 is 18.3 Å². The van der Waals surface area contributed by atoms with Crippen molar-refractivity contribution in [2.24, 2.45) is 11.1 Å². The Hall–Kier alpha value is -1.00. The fourth-order valence-corrected chi connectivity index (χ4v) is 1.25. The second kappa shape index (κ2) is 3.16. The van der Waals surface area contributed by atoms with Gasteiger partial charge in [0.25, 0.3) is 0 Å². The van der Waals surface area contributed by atoms with Gasteiger partial charge in [0.1, 0.15) is 5.78 Å². The van der Waals surface area contributed by atoms with Gasteiger partial charge in [-0.05, 0) is 0 Å². The van der Waals surface area contributed by atoms with E-state index in [0.29, 0.717) is 0 Å². The van der Waals surface area contributed by atoms with Crippen molar-refractivity contribution in [2.45, 2.75) is 25.2 Å². The highest BCUT2D eigenvalue weighted by Gasteiger charge is 2.39. The van der Waals surface area contributed by atoms with Gasteiger partial charge in [-0.3, -0.25) is 4.79 Å². The molecule has 0 heterocycles. The monoisotopic (exact) mass is 177 g/mol. The second-order valence-corrected chi connectivity index (χ2v) is 2.90. The molecule has 5 heteroatoms. The molecule has 0 spiro atoms. The van der Waals surface area contributed by atoms with Crippen LogP contribution in [-0.2, 0) is 4.79 Å². The van der Waals surface area contributed by atoms with E-state index in [1.54, 1.807) is 0 Å². The summed E-state index contributed by atoms with van der Waals surface area (Å²) < 4.78 is 25.3. The summed E-state index contributed by atoms with van der Waals surface area (Å²) in [7, 11) is 0. The van der Waals surface area contributed by atoms with Gasteiger partial charge < -0.3 is 5.21 Å². The smallest absolute Gasteiger partial charge is 0.249 e. The van der Waals surface area contributed by atoms with Crippen molar-refractivity contribution < 1.29 is 18.8 Å². The lowest BCUT2D eigenvalue weighted by Gasteiger charge is -2.24. The predicted molar refractivity (Wildman–Crippen MR) is 37.6 cm³/mol. The van der Waals surface area contributed by atoms with Crippen molar-refractivity contribution in [3.8, 4) is 0 Å². The summed E-state index contributed by atoms with van der Waals surface area (Å²) in [5.41, 5.74) is 0. The molecule has 1 atom stereocenters. The van der Waals surface area contributed by atoms with Gasteiger partial charge in [-0.25, -0.2) is 8.78 Å². The molecule has 1 aliphatic carbocycles. The Morgan fingerprint density at radius 2 is 2.33 bits per heavy atom. The van der Waals surface area contributed by atoms with E-state index in [-0.39, 0.29) is 18.6 Å². The first kappa shape index (κ1) is 9.09. The molecule has 1 fully saturated rings. The first-order valence-corrected chi connectivity index (χ1v) is 3.63. The Labute approximate surface area is 68.1 Å². The first-order chi connectivity index (χ1) is 5.55. The van der Waals surface area contributed by atoms with Gasteiger partial charge in [0.2, 0.25) is 5.92 Å². The SMILES string of the molecule is O=C1CCC(F)(F)CC1/C=N/O. The van der Waals surface area contributed by atoms with Crippen molar-refractivity contribution in [3.63, 3.8) is 0 Å². The first-order valence-electron chi connectivity index (χ1n) is 3.63. The van der Waals surface area contributed by atoms with E-state index in [4.69, 9.17) is 5.21 Å². The normalized spacial score (nSPS) is 29.5. The number of hydrogen-bond acceptors (Lipinski definition) is 3. The zero-order valence-corrected chi connectivity index (χ0v) is 6.33. The van der Waals surface area contributed by atoms with E-state index in [0.717, 1.165) is 6.21 Å². The highest BCUT2D eigenvalue weighted by Crippen LogP contribution is 2.33. The Morgan fingerprint density at radius 1 is 1.67 bits per heavy atom. The van der Waals surface area contributed by atoms with Crippen molar-refractivity contribution in [2.75, 3.05) is 0 Å². The van der Waals surface area contributed by atoms with Crippen LogP contribution in [-0.4, -0.2) is 23.1 Å². The maximum atomic E-state index is 12.7. The van der Waals surface area contributed by atoms with Gasteiger partial charge in [-0.15, -0.1) is 5.16 Å². The van der Waals surface area contributed by atoms with Gasteiger partial charge in [-0.1, -0.05) is 0 Å². The van der Waals surface area contributed by atoms with E-state index >= 15 is 0 Å². The number of hydrogen-bond donors (Lipinski definition) is 1. The average molecular weight is 177 g/mol. The van der Waals surface area contributed by atoms with E-state index in [1.807, 2.05) is 0 Å². The van der Waals surface area contributed by atoms with Crippen LogP contribution in [0.2, 0.25) is 0 Å². The molecule has 1 unspecified atom stereocenters. The zero-order chi connectivity index (χ0) is 9.19. The summed E-state index contributed by atoms with van der Waals surface area (Å²) in [4.78, 5) is 10.9. The highest BCUT2D eigenvalue weighted by atomic mass is 19.3. The Kier molecular flexibility index (Phi) is 2.40. The highest BCUT2D eigenvalue weighted by molar-refractivity contribution is 5.95. The molecule has 0 radical (unpaired) electrons. The lowest BCUT2D eigenvalue weighted by Crippen LogP contribution is -2.33. The summed E-state index contributed by atoms with van der Waals surface area (Å²) in [6, 6.07) is 0. The van der Waals surface area contributed by atoms with Crippen LogP contribution < -0.4 is 0 Å². The summed E-state index contributed by atoms with van der Waals surface area (Å²) >= 11 is 0. The van der Waals surface area contributed by atoms with Crippen LogP contribution in [0.5, 0.6) is 0 Å². The van der Waals surface area contributed by atoms with E-state index in [9.17, 15) is 13.6 Å². The number of nitrogens with zero attached hydrogens (tertiary/aromatic N) is 1. The van der Waals surface area contributed by atoms with E-state index in [1.165, 1.54) is 0 Å². The molecule has 0 bridgehead atoms. The molecule has 1 saturated carbocycles. The molecule has 0 aliphatic heterocycles. The summed E-state index contributed by atoms with van der Waals surface area (Å²) in [5.74, 6) is -3.99. The number of carbonyl (C=O) groups is 1. The van der Waals surface area contributed by atoms with Crippen LogP contribution in [0.4, 0.5) is 8.78 Å². The number of alkyl halides is 2. The molecule has 1 aliphatic rings. The van der Waals surface area contributed by atoms with Crippen LogP contribution in [0.3, 0.4) is 0 Å². The van der Waals surface area contributed by atoms with Crippen LogP contribution in [0.1, 0.15) is 19.3 Å². The molecule has 12 heavy (non-hydrogen) atoms. The summed E-state index contributed by atoms with van der Waals surface area (Å²) in [5, 5.41) is 10.7. The largest absolute Gasteiger partial charge is 0.411 e. The molecule has 0 aromatic heterocycles. The maximum Gasteiger partial charge on any atom is 0.249 e. The third-order valence-corrected chi connectivity index (χ3v) is 1.92. The van der Waals surface area contributed by atoms with Gasteiger partial charge in [0.05, 0.1) is 12.1 Å². The quantitative estimate of drug-likeness (QED) is 0.374. The lowest BCUT2D eigenvalue weighted by molar-refractivity contribution is -0.131. The standard InChI is InChI=1S/C7H9F2NO2/c8-7(9)2-1-6(11)5(3-7)4-10-12/h4-5,12H,1-3H2/b10-4+. The molecule has 0 amide bonds. The fourth-order valence-electron chi connectivity index (χ4n) is 1.25. The predicted octanol–water partition coefficient (Wildman–Crippen LogP) is 1.45. The number of carbonyl (C=O) groups excluding carboxylic acids is 1. The second-order valence-electron chi connectivity index (χ2n) is 2.90. The van der Waals surface area contributed by atoms with Crippen LogP contribution in [0.15, 0.2) is 5.16 Å². The summed E-state index contributed by atoms with van der Waals surface area (Å²) in [6.07, 6.45) is -0.184. The summed E-state index contributed by atoms with van der Waals surface area (Å²) in [6.45, 7) is 0. The topological polar surface area (TPSA) is 49.7 Å². The molecule has 0 saturated heterocycles. The number of ketones is 1. The molecule has 1 N–H and O–H groups in total. The third-order valence-electron chi connectivity index (χ3n) is 1.92. The van der Waals surface area contributed by atoms with Gasteiger partial charge in [0.15, 0.2) is 0 Å². The van der Waals surface area contributed by atoms with E-state index in [2.05, 4.69) is 5.16 Å². The van der Waals surface area contributed by atoms with Crippen LogP contribution in [0, 0.1) is 5.92 Å². The molecule has 3 nitrogen and oxygen atoms in total. The molecule has 68 valence electrons. The fraction of sp³-hybridized carbons (Fsp3) is 0.714. The molecule has 0 aromatic carbocycles. The van der Waals surface area contributed by atoms with Crippen molar-refractivity contribution in [3.05, 3.63) is 0 Å². The van der Waals surface area contributed by atoms with Crippen molar-refractivity contribution in [1.82, 2.24) is 0 Å². The lowest BCUT2D eigenvalue weighted by atomic mass is 9.86. The van der Waals surface area contributed by atoms with Gasteiger partial charge >= 0.3 is 0 Å². The number of rotatable bonds is 1. The zero-order valence-electron chi connectivity index (χ0n) is 6.33. The Bertz CT molecular complexity index is 215.